The van der Waals surface area contributed by atoms with Crippen LogP contribution in [-0.2, 0) is 12.6 Å². The van der Waals surface area contributed by atoms with Crippen LogP contribution in [0.4, 0.5) is 13.2 Å². The average molecular weight is 288 g/mol. The topological polar surface area (TPSA) is 13.1 Å². The number of alkyl halides is 3. The van der Waals surface area contributed by atoms with Gasteiger partial charge < -0.3 is 4.42 Å². The molecule has 1 nitrogen and oxygen atoms in total. The van der Waals surface area contributed by atoms with Crippen LogP contribution in [0.3, 0.4) is 0 Å². The Labute approximate surface area is 114 Å². The highest BCUT2D eigenvalue weighted by atomic mass is 32.2. The van der Waals surface area contributed by atoms with E-state index in [0.717, 1.165) is 36.6 Å². The van der Waals surface area contributed by atoms with Crippen LogP contribution in [0.5, 0.6) is 0 Å². The van der Waals surface area contributed by atoms with Gasteiger partial charge in [0.1, 0.15) is 11.1 Å². The molecule has 5 heteroatoms. The number of unbranched alkanes of at least 4 members (excludes halogenated alkanes) is 1. The fraction of sp³-hybridized carbons (Fsp3) is 0.429. The van der Waals surface area contributed by atoms with Gasteiger partial charge >= 0.3 is 6.18 Å². The van der Waals surface area contributed by atoms with E-state index < -0.39 is 11.7 Å². The minimum atomic E-state index is -4.38. The van der Waals surface area contributed by atoms with Gasteiger partial charge in [0.25, 0.3) is 0 Å². The Kier molecular flexibility index (Phi) is 4.13. The molecule has 0 atom stereocenters. The van der Waals surface area contributed by atoms with Gasteiger partial charge in [-0.05, 0) is 36.8 Å². The number of hydrogen-bond acceptors (Lipinski definition) is 2. The van der Waals surface area contributed by atoms with E-state index in [2.05, 4.69) is 6.92 Å². The number of benzene rings is 1. The largest absolute Gasteiger partial charge is 0.449 e. The first-order valence-corrected chi connectivity index (χ1v) is 7.36. The zero-order valence-corrected chi connectivity index (χ0v) is 11.6. The summed E-state index contributed by atoms with van der Waals surface area (Å²) in [6.07, 6.45) is -0.00680. The second kappa shape index (κ2) is 5.49. The third kappa shape index (κ3) is 2.91. The van der Waals surface area contributed by atoms with Gasteiger partial charge in [0, 0.05) is 5.39 Å². The minimum absolute atomic E-state index is 0.0601. The second-order valence-corrected chi connectivity index (χ2v) is 5.18. The molecule has 0 radical (unpaired) electrons. The number of thioether (sulfide) groups is 1. The standard InChI is InChI=1S/C14H15F3OS/c1-3-4-5-9-6-7-11-10(8-9)12(14(15,16)17)13(18-11)19-2/h6-8H,3-5H2,1-2H3. The number of aryl methyl sites for hydroxylation is 1. The van der Waals surface area contributed by atoms with Crippen molar-refractivity contribution in [2.45, 2.75) is 37.5 Å². The average Bonchev–Trinajstić information content (AvgIpc) is 2.73. The minimum Gasteiger partial charge on any atom is -0.449 e. The molecule has 0 aliphatic heterocycles. The Morgan fingerprint density at radius 2 is 2.00 bits per heavy atom. The summed E-state index contributed by atoms with van der Waals surface area (Å²) in [6.45, 7) is 2.06. The van der Waals surface area contributed by atoms with Crippen LogP contribution in [-0.4, -0.2) is 6.26 Å². The normalized spacial score (nSPS) is 12.3. The van der Waals surface area contributed by atoms with Gasteiger partial charge in [0.2, 0.25) is 0 Å². The number of furan rings is 1. The summed E-state index contributed by atoms with van der Waals surface area (Å²) < 4.78 is 44.6. The number of halogens is 3. The summed E-state index contributed by atoms with van der Waals surface area (Å²) in [5.41, 5.74) is 0.582. The first kappa shape index (κ1) is 14.3. The molecule has 104 valence electrons. The maximum atomic E-state index is 13.1. The van der Waals surface area contributed by atoms with Crippen LogP contribution in [0.25, 0.3) is 11.0 Å². The second-order valence-electron chi connectivity index (χ2n) is 4.40. The molecule has 0 saturated heterocycles. The van der Waals surface area contributed by atoms with Gasteiger partial charge in [-0.1, -0.05) is 31.2 Å². The molecule has 2 aromatic rings. The Morgan fingerprint density at radius 1 is 1.26 bits per heavy atom. The molecular formula is C14H15F3OS. The highest BCUT2D eigenvalue weighted by Gasteiger charge is 2.38. The first-order valence-electron chi connectivity index (χ1n) is 6.14. The molecule has 0 saturated carbocycles. The number of fused-ring (bicyclic) bond motifs is 1. The molecule has 0 aliphatic carbocycles. The van der Waals surface area contributed by atoms with E-state index in [9.17, 15) is 13.2 Å². The van der Waals surface area contributed by atoms with Gasteiger partial charge in [0.05, 0.1) is 0 Å². The maximum Gasteiger partial charge on any atom is 0.421 e. The van der Waals surface area contributed by atoms with Gasteiger partial charge in [-0.25, -0.2) is 0 Å². The molecule has 0 spiro atoms. The van der Waals surface area contributed by atoms with E-state index in [1.165, 1.54) is 0 Å². The van der Waals surface area contributed by atoms with Crippen molar-refractivity contribution < 1.29 is 17.6 Å². The van der Waals surface area contributed by atoms with E-state index in [4.69, 9.17) is 4.42 Å². The van der Waals surface area contributed by atoms with Gasteiger partial charge in [-0.15, -0.1) is 0 Å². The highest BCUT2D eigenvalue weighted by molar-refractivity contribution is 7.98. The summed E-state index contributed by atoms with van der Waals surface area (Å²) in [7, 11) is 0. The summed E-state index contributed by atoms with van der Waals surface area (Å²) in [6, 6.07) is 5.08. The summed E-state index contributed by atoms with van der Waals surface area (Å²) in [5.74, 6) is 0. The monoisotopic (exact) mass is 288 g/mol. The Balaban J connectivity index is 2.56. The zero-order chi connectivity index (χ0) is 14.0. The van der Waals surface area contributed by atoms with Crippen LogP contribution >= 0.6 is 11.8 Å². The third-order valence-corrected chi connectivity index (χ3v) is 3.67. The fourth-order valence-electron chi connectivity index (χ4n) is 2.07. The van der Waals surface area contributed by atoms with Gasteiger partial charge in [-0.2, -0.15) is 13.2 Å². The first-order chi connectivity index (χ1) is 8.97. The Bertz CT molecular complexity index is 572. The molecule has 0 bridgehead atoms. The predicted octanol–water partition coefficient (Wildman–Crippen LogP) is 5.52. The zero-order valence-electron chi connectivity index (χ0n) is 10.8. The lowest BCUT2D eigenvalue weighted by molar-refractivity contribution is -0.139. The van der Waals surface area contributed by atoms with E-state index in [0.29, 0.717) is 5.58 Å². The molecule has 0 amide bonds. The van der Waals surface area contributed by atoms with E-state index in [1.807, 2.05) is 6.07 Å². The molecule has 0 N–H and O–H groups in total. The molecule has 0 aliphatic rings. The van der Waals surface area contributed by atoms with E-state index >= 15 is 0 Å². The van der Waals surface area contributed by atoms with Crippen LogP contribution in [0.2, 0.25) is 0 Å². The predicted molar refractivity (Wildman–Crippen MR) is 71.6 cm³/mol. The Morgan fingerprint density at radius 3 is 2.58 bits per heavy atom. The lowest BCUT2D eigenvalue weighted by Crippen LogP contribution is -2.05. The van der Waals surface area contributed by atoms with Gasteiger partial charge in [-0.3, -0.25) is 0 Å². The molecule has 1 heterocycles. The number of hydrogen-bond donors (Lipinski definition) is 0. The van der Waals surface area contributed by atoms with Crippen molar-refractivity contribution in [3.05, 3.63) is 29.3 Å². The SMILES string of the molecule is CCCCc1ccc2oc(SC)c(C(F)(F)F)c2c1. The number of rotatable bonds is 4. The summed E-state index contributed by atoms with van der Waals surface area (Å²) in [4.78, 5) is 0. The summed E-state index contributed by atoms with van der Waals surface area (Å²) in [5, 5.41) is 0.112. The molecule has 1 aromatic heterocycles. The van der Waals surface area contributed by atoms with Crippen LogP contribution in [0, 0.1) is 0 Å². The van der Waals surface area contributed by atoms with Crippen molar-refractivity contribution in [2.24, 2.45) is 0 Å². The smallest absolute Gasteiger partial charge is 0.421 e. The molecule has 2 rings (SSSR count). The van der Waals surface area contributed by atoms with Crippen molar-refractivity contribution in [1.29, 1.82) is 0 Å². The molecule has 0 fully saturated rings. The quantitative estimate of drug-likeness (QED) is 0.687. The van der Waals surface area contributed by atoms with Crippen molar-refractivity contribution >= 4 is 22.7 Å². The molecule has 1 aromatic carbocycles. The van der Waals surface area contributed by atoms with Crippen molar-refractivity contribution in [2.75, 3.05) is 6.26 Å². The Hall–Kier alpha value is -1.10. The van der Waals surface area contributed by atoms with Crippen molar-refractivity contribution in [1.82, 2.24) is 0 Å². The van der Waals surface area contributed by atoms with Crippen molar-refractivity contribution in [3.8, 4) is 0 Å². The summed E-state index contributed by atoms with van der Waals surface area (Å²) >= 11 is 0.985. The fourth-order valence-corrected chi connectivity index (χ4v) is 2.67. The lowest BCUT2D eigenvalue weighted by atomic mass is 10.0. The van der Waals surface area contributed by atoms with E-state index in [-0.39, 0.29) is 10.5 Å². The maximum absolute atomic E-state index is 13.1. The molecular weight excluding hydrogens is 273 g/mol. The molecule has 0 unspecified atom stereocenters. The lowest BCUT2D eigenvalue weighted by Gasteiger charge is -2.06. The van der Waals surface area contributed by atoms with Crippen molar-refractivity contribution in [3.63, 3.8) is 0 Å². The van der Waals surface area contributed by atoms with Crippen LogP contribution in [0.1, 0.15) is 30.9 Å². The molecule has 19 heavy (non-hydrogen) atoms. The van der Waals surface area contributed by atoms with E-state index in [1.54, 1.807) is 18.4 Å². The van der Waals surface area contributed by atoms with Crippen LogP contribution in [0.15, 0.2) is 27.7 Å². The van der Waals surface area contributed by atoms with Gasteiger partial charge in [0.15, 0.2) is 5.09 Å². The van der Waals surface area contributed by atoms with Crippen LogP contribution < -0.4 is 0 Å². The third-order valence-electron chi connectivity index (χ3n) is 3.01. The highest BCUT2D eigenvalue weighted by Crippen LogP contribution is 2.43.